The van der Waals surface area contributed by atoms with E-state index in [9.17, 15) is 4.79 Å². The molecule has 1 aliphatic heterocycles. The minimum Gasteiger partial charge on any atom is -0.356 e. The molecular weight excluding hydrogens is 302 g/mol. The van der Waals surface area contributed by atoms with Crippen LogP contribution in [0.1, 0.15) is 36.7 Å². The van der Waals surface area contributed by atoms with Crippen molar-refractivity contribution in [3.63, 3.8) is 0 Å². The fraction of sp³-hybridized carbons (Fsp3) is 0.368. The lowest BCUT2D eigenvalue weighted by molar-refractivity contribution is -0.134. The summed E-state index contributed by atoms with van der Waals surface area (Å²) in [7, 11) is 2.04. The Morgan fingerprint density at radius 1 is 1.25 bits per heavy atom. The number of aromatic nitrogens is 2. The molecule has 5 nitrogen and oxygen atoms in total. The Balaban J connectivity index is 1.59. The van der Waals surface area contributed by atoms with Crippen molar-refractivity contribution in [3.8, 4) is 0 Å². The van der Waals surface area contributed by atoms with Crippen molar-refractivity contribution in [1.29, 1.82) is 0 Å². The third-order valence-electron chi connectivity index (χ3n) is 4.92. The molecule has 1 aromatic carbocycles. The van der Waals surface area contributed by atoms with Crippen LogP contribution < -0.4 is 0 Å². The van der Waals surface area contributed by atoms with Crippen LogP contribution in [0.5, 0.6) is 0 Å². The number of fused-ring (bicyclic) bond motifs is 1. The standard InChI is InChI=1S/C19H21N3O2/c1-21-11-6-9-16(21)17-8-4-5-12-22(17)19(23)13-15-14-7-2-3-10-18(14)24-20-15/h2-3,6-7,9-11,17H,4-5,8,12-13H2,1H3/t17-/m1/s1. The maximum absolute atomic E-state index is 13.0. The second-order valence-corrected chi connectivity index (χ2v) is 6.44. The molecule has 1 atom stereocenters. The quantitative estimate of drug-likeness (QED) is 0.741. The van der Waals surface area contributed by atoms with Crippen LogP contribution in [0.4, 0.5) is 0 Å². The summed E-state index contributed by atoms with van der Waals surface area (Å²) in [5, 5.41) is 5.04. The van der Waals surface area contributed by atoms with E-state index in [0.29, 0.717) is 0 Å². The molecule has 3 aromatic rings. The lowest BCUT2D eigenvalue weighted by Gasteiger charge is -2.36. The Bertz CT molecular complexity index is 864. The summed E-state index contributed by atoms with van der Waals surface area (Å²) >= 11 is 0. The number of carbonyl (C=O) groups excluding carboxylic acids is 1. The Morgan fingerprint density at radius 2 is 2.12 bits per heavy atom. The van der Waals surface area contributed by atoms with Crippen molar-refractivity contribution in [2.75, 3.05) is 6.54 Å². The molecule has 5 heteroatoms. The van der Waals surface area contributed by atoms with Crippen LogP contribution >= 0.6 is 0 Å². The lowest BCUT2D eigenvalue weighted by Crippen LogP contribution is -2.40. The summed E-state index contributed by atoms with van der Waals surface area (Å²) in [4.78, 5) is 15.0. The molecule has 0 aliphatic carbocycles. The van der Waals surface area contributed by atoms with Gasteiger partial charge in [-0.1, -0.05) is 17.3 Å². The first-order chi connectivity index (χ1) is 11.7. The van der Waals surface area contributed by atoms with E-state index in [1.165, 1.54) is 5.69 Å². The average Bonchev–Trinajstić information content (AvgIpc) is 3.21. The van der Waals surface area contributed by atoms with Gasteiger partial charge in [-0.3, -0.25) is 4.79 Å². The topological polar surface area (TPSA) is 51.3 Å². The van der Waals surface area contributed by atoms with Crippen molar-refractivity contribution in [1.82, 2.24) is 14.6 Å². The van der Waals surface area contributed by atoms with E-state index >= 15 is 0 Å². The van der Waals surface area contributed by atoms with E-state index in [-0.39, 0.29) is 18.4 Å². The zero-order valence-electron chi connectivity index (χ0n) is 13.8. The van der Waals surface area contributed by atoms with Crippen molar-refractivity contribution in [2.45, 2.75) is 31.7 Å². The molecule has 1 saturated heterocycles. The number of piperidine rings is 1. The van der Waals surface area contributed by atoms with Crippen LogP contribution in [0, 0.1) is 0 Å². The van der Waals surface area contributed by atoms with Gasteiger partial charge in [-0.25, -0.2) is 0 Å². The molecule has 24 heavy (non-hydrogen) atoms. The molecule has 1 aliphatic rings. The molecule has 1 amide bonds. The van der Waals surface area contributed by atoms with Gasteiger partial charge in [0.15, 0.2) is 5.58 Å². The number of nitrogens with zero attached hydrogens (tertiary/aromatic N) is 3. The van der Waals surface area contributed by atoms with Crippen molar-refractivity contribution < 1.29 is 9.32 Å². The third kappa shape index (κ3) is 2.60. The van der Waals surface area contributed by atoms with Crippen LogP contribution in [-0.2, 0) is 18.3 Å². The van der Waals surface area contributed by atoms with E-state index in [1.807, 2.05) is 48.5 Å². The number of benzene rings is 1. The van der Waals surface area contributed by atoms with E-state index in [4.69, 9.17) is 4.52 Å². The monoisotopic (exact) mass is 323 g/mol. The molecule has 0 unspecified atom stereocenters. The van der Waals surface area contributed by atoms with Gasteiger partial charge in [-0.2, -0.15) is 0 Å². The van der Waals surface area contributed by atoms with Crippen LogP contribution in [0.25, 0.3) is 11.0 Å². The van der Waals surface area contributed by atoms with Crippen LogP contribution in [0.3, 0.4) is 0 Å². The van der Waals surface area contributed by atoms with E-state index in [2.05, 4.69) is 15.8 Å². The number of rotatable bonds is 3. The number of hydrogen-bond donors (Lipinski definition) is 0. The predicted molar refractivity (Wildman–Crippen MR) is 91.4 cm³/mol. The first-order valence-electron chi connectivity index (χ1n) is 8.48. The van der Waals surface area contributed by atoms with Crippen LogP contribution in [0.15, 0.2) is 47.1 Å². The van der Waals surface area contributed by atoms with Gasteiger partial charge in [-0.15, -0.1) is 0 Å². The van der Waals surface area contributed by atoms with Gasteiger partial charge in [0.1, 0.15) is 5.69 Å². The molecule has 0 saturated carbocycles. The zero-order chi connectivity index (χ0) is 16.5. The van der Waals surface area contributed by atoms with Gasteiger partial charge in [0.2, 0.25) is 5.91 Å². The number of aryl methyl sites for hydroxylation is 1. The van der Waals surface area contributed by atoms with Crippen LogP contribution in [0.2, 0.25) is 0 Å². The maximum Gasteiger partial charge on any atom is 0.229 e. The third-order valence-corrected chi connectivity index (χ3v) is 4.92. The number of carbonyl (C=O) groups is 1. The largest absolute Gasteiger partial charge is 0.356 e. The number of amides is 1. The smallest absolute Gasteiger partial charge is 0.229 e. The van der Waals surface area contributed by atoms with E-state index in [1.54, 1.807) is 0 Å². The molecule has 0 radical (unpaired) electrons. The highest BCUT2D eigenvalue weighted by atomic mass is 16.5. The van der Waals surface area contributed by atoms with Gasteiger partial charge in [-0.05, 0) is 43.5 Å². The summed E-state index contributed by atoms with van der Waals surface area (Å²) in [6.45, 7) is 0.810. The second-order valence-electron chi connectivity index (χ2n) is 6.44. The molecule has 0 bridgehead atoms. The van der Waals surface area contributed by atoms with Gasteiger partial charge >= 0.3 is 0 Å². The minimum atomic E-state index is 0.125. The molecule has 4 rings (SSSR count). The van der Waals surface area contributed by atoms with E-state index < -0.39 is 0 Å². The molecule has 2 aromatic heterocycles. The van der Waals surface area contributed by atoms with Crippen molar-refractivity contribution in [3.05, 3.63) is 54.0 Å². The number of likely N-dealkylation sites (tertiary alicyclic amines) is 1. The number of para-hydroxylation sites is 1. The highest BCUT2D eigenvalue weighted by Gasteiger charge is 2.30. The summed E-state index contributed by atoms with van der Waals surface area (Å²) in [5.41, 5.74) is 2.66. The fourth-order valence-corrected chi connectivity index (χ4v) is 3.67. The van der Waals surface area contributed by atoms with Gasteiger partial charge < -0.3 is 14.0 Å². The summed E-state index contributed by atoms with van der Waals surface area (Å²) in [6, 6.07) is 12.0. The van der Waals surface area contributed by atoms with Gasteiger partial charge in [0.25, 0.3) is 0 Å². The summed E-state index contributed by atoms with van der Waals surface area (Å²) in [6.07, 6.45) is 5.57. The fourth-order valence-electron chi connectivity index (χ4n) is 3.67. The maximum atomic E-state index is 13.0. The highest BCUT2D eigenvalue weighted by molar-refractivity contribution is 5.86. The first-order valence-corrected chi connectivity index (χ1v) is 8.48. The molecule has 0 spiro atoms. The highest BCUT2D eigenvalue weighted by Crippen LogP contribution is 2.31. The van der Waals surface area contributed by atoms with Crippen LogP contribution in [-0.4, -0.2) is 27.1 Å². The Morgan fingerprint density at radius 3 is 2.96 bits per heavy atom. The molecular formula is C19H21N3O2. The van der Waals surface area contributed by atoms with Gasteiger partial charge in [0.05, 0.1) is 12.5 Å². The molecule has 0 N–H and O–H groups in total. The van der Waals surface area contributed by atoms with Crippen molar-refractivity contribution in [2.24, 2.45) is 7.05 Å². The molecule has 3 heterocycles. The SMILES string of the molecule is Cn1cccc1[C@H]1CCCCN1C(=O)Cc1noc2ccccc12. The summed E-state index contributed by atoms with van der Waals surface area (Å²) < 4.78 is 7.44. The second kappa shape index (κ2) is 6.15. The predicted octanol–water partition coefficient (Wildman–Crippen LogP) is 3.46. The Labute approximate surface area is 140 Å². The van der Waals surface area contributed by atoms with Gasteiger partial charge in [0, 0.05) is 30.9 Å². The molecule has 124 valence electrons. The number of hydrogen-bond acceptors (Lipinski definition) is 3. The Hall–Kier alpha value is -2.56. The lowest BCUT2D eigenvalue weighted by atomic mass is 9.98. The van der Waals surface area contributed by atoms with E-state index in [0.717, 1.165) is 42.5 Å². The van der Waals surface area contributed by atoms with Crippen molar-refractivity contribution >= 4 is 16.9 Å². The Kier molecular flexibility index (Phi) is 3.84. The normalized spacial score (nSPS) is 18.2. The zero-order valence-corrected chi connectivity index (χ0v) is 13.8. The molecule has 1 fully saturated rings. The summed E-state index contributed by atoms with van der Waals surface area (Å²) in [5.74, 6) is 0.125. The first kappa shape index (κ1) is 15.0. The average molecular weight is 323 g/mol. The minimum absolute atomic E-state index is 0.125.